The minimum atomic E-state index is -0.445. The van der Waals surface area contributed by atoms with Gasteiger partial charge >= 0.3 is 6.09 Å². The van der Waals surface area contributed by atoms with Crippen molar-refractivity contribution in [2.75, 3.05) is 6.54 Å². The number of ether oxygens (including phenoxy) is 1. The molecule has 3 nitrogen and oxygen atoms in total. The molecule has 1 unspecified atom stereocenters. The van der Waals surface area contributed by atoms with Crippen molar-refractivity contribution in [2.45, 2.75) is 13.0 Å². The van der Waals surface area contributed by atoms with Crippen LogP contribution in [-0.4, -0.2) is 23.2 Å². The van der Waals surface area contributed by atoms with E-state index in [0.29, 0.717) is 6.54 Å². The Labute approximate surface area is 52.3 Å². The topological polar surface area (TPSA) is 29.5 Å². The van der Waals surface area contributed by atoms with Gasteiger partial charge in [0.05, 0.1) is 6.54 Å². The van der Waals surface area contributed by atoms with Gasteiger partial charge < -0.3 is 4.74 Å². The van der Waals surface area contributed by atoms with Crippen molar-refractivity contribution < 1.29 is 9.53 Å². The molecular formula is C4H6ClNO2. The van der Waals surface area contributed by atoms with Crippen molar-refractivity contribution in [3.05, 3.63) is 0 Å². The van der Waals surface area contributed by atoms with Crippen molar-refractivity contribution in [1.82, 2.24) is 4.42 Å². The number of nitrogens with zero attached hydrogens (tertiary/aromatic N) is 1. The molecule has 1 heterocycles. The van der Waals surface area contributed by atoms with E-state index < -0.39 is 6.09 Å². The first-order valence-corrected chi connectivity index (χ1v) is 2.68. The molecule has 0 aromatic rings. The number of amides is 1. The molecule has 0 aromatic heterocycles. The van der Waals surface area contributed by atoms with E-state index in [1.54, 1.807) is 6.92 Å². The lowest BCUT2D eigenvalue weighted by molar-refractivity contribution is 0.144. The Morgan fingerprint density at radius 1 is 2.00 bits per heavy atom. The molecule has 0 bridgehead atoms. The molecule has 1 aliphatic rings. The Bertz CT molecular complexity index is 117. The van der Waals surface area contributed by atoms with Crippen molar-refractivity contribution in [3.63, 3.8) is 0 Å². The van der Waals surface area contributed by atoms with Gasteiger partial charge in [-0.2, -0.15) is 0 Å². The van der Waals surface area contributed by atoms with Gasteiger partial charge in [-0.05, 0) is 6.92 Å². The fourth-order valence-electron chi connectivity index (χ4n) is 0.567. The molecule has 1 saturated heterocycles. The maximum atomic E-state index is 10.4. The van der Waals surface area contributed by atoms with Crippen molar-refractivity contribution >= 4 is 17.9 Å². The van der Waals surface area contributed by atoms with Gasteiger partial charge in [-0.15, -0.1) is 0 Å². The van der Waals surface area contributed by atoms with Crippen LogP contribution in [0.3, 0.4) is 0 Å². The Morgan fingerprint density at radius 2 is 2.62 bits per heavy atom. The Kier molecular flexibility index (Phi) is 1.29. The molecule has 0 aliphatic carbocycles. The van der Waals surface area contributed by atoms with Crippen molar-refractivity contribution in [3.8, 4) is 0 Å². The van der Waals surface area contributed by atoms with Gasteiger partial charge in [0.1, 0.15) is 6.10 Å². The van der Waals surface area contributed by atoms with Gasteiger partial charge in [0.2, 0.25) is 0 Å². The zero-order valence-corrected chi connectivity index (χ0v) is 5.18. The first-order chi connectivity index (χ1) is 3.70. The van der Waals surface area contributed by atoms with E-state index in [0.717, 1.165) is 4.42 Å². The maximum Gasteiger partial charge on any atom is 0.424 e. The summed E-state index contributed by atoms with van der Waals surface area (Å²) in [6.45, 7) is 2.28. The molecule has 0 radical (unpaired) electrons. The van der Waals surface area contributed by atoms with Crippen molar-refractivity contribution in [1.29, 1.82) is 0 Å². The summed E-state index contributed by atoms with van der Waals surface area (Å²) in [5, 5.41) is 0. The lowest BCUT2D eigenvalue weighted by Crippen LogP contribution is -2.11. The predicted octanol–water partition coefficient (Wildman–Crippen LogP) is 0.981. The van der Waals surface area contributed by atoms with E-state index in [1.807, 2.05) is 0 Å². The fraction of sp³-hybridized carbons (Fsp3) is 0.750. The largest absolute Gasteiger partial charge is 0.444 e. The molecule has 1 atom stereocenters. The molecule has 0 N–H and O–H groups in total. The summed E-state index contributed by atoms with van der Waals surface area (Å²) in [5.74, 6) is 0. The second-order valence-electron chi connectivity index (χ2n) is 1.74. The van der Waals surface area contributed by atoms with Crippen LogP contribution in [0.25, 0.3) is 0 Å². The van der Waals surface area contributed by atoms with E-state index in [2.05, 4.69) is 4.74 Å². The number of hydrogen-bond donors (Lipinski definition) is 0. The van der Waals surface area contributed by atoms with Crippen molar-refractivity contribution in [2.24, 2.45) is 0 Å². The van der Waals surface area contributed by atoms with Gasteiger partial charge in [-0.1, -0.05) is 0 Å². The highest BCUT2D eigenvalue weighted by Gasteiger charge is 2.26. The third-order valence-corrected chi connectivity index (χ3v) is 1.19. The number of carbonyl (C=O) groups excluding carboxylic acids is 1. The average molecular weight is 136 g/mol. The highest BCUT2D eigenvalue weighted by atomic mass is 35.5. The van der Waals surface area contributed by atoms with Crippen LogP contribution in [0.4, 0.5) is 4.79 Å². The van der Waals surface area contributed by atoms with Gasteiger partial charge in [0.15, 0.2) is 0 Å². The maximum absolute atomic E-state index is 10.4. The molecular weight excluding hydrogens is 130 g/mol. The van der Waals surface area contributed by atoms with Crippen LogP contribution >= 0.6 is 11.8 Å². The third kappa shape index (κ3) is 0.865. The standard InChI is InChI=1S/C4H6ClNO2/c1-3-2-6(5)4(7)8-3/h3H,2H2,1H3. The summed E-state index contributed by atoms with van der Waals surface area (Å²) in [4.78, 5) is 10.4. The minimum absolute atomic E-state index is 0.0556. The predicted molar refractivity (Wildman–Crippen MR) is 28.5 cm³/mol. The quantitative estimate of drug-likeness (QED) is 0.464. The van der Waals surface area contributed by atoms with Crippen LogP contribution in [0, 0.1) is 0 Å². The van der Waals surface area contributed by atoms with E-state index in [9.17, 15) is 4.79 Å². The molecule has 8 heavy (non-hydrogen) atoms. The monoisotopic (exact) mass is 135 g/mol. The zero-order valence-electron chi connectivity index (χ0n) is 4.43. The summed E-state index contributed by atoms with van der Waals surface area (Å²) in [7, 11) is 0. The average Bonchev–Trinajstić information content (AvgIpc) is 1.85. The number of hydrogen-bond acceptors (Lipinski definition) is 2. The molecule has 1 rings (SSSR count). The van der Waals surface area contributed by atoms with Crippen LogP contribution in [0.5, 0.6) is 0 Å². The Morgan fingerprint density at radius 3 is 2.75 bits per heavy atom. The highest BCUT2D eigenvalue weighted by Crippen LogP contribution is 2.11. The molecule has 4 heteroatoms. The fourth-order valence-corrected chi connectivity index (χ4v) is 0.801. The van der Waals surface area contributed by atoms with Gasteiger partial charge in [0.25, 0.3) is 0 Å². The van der Waals surface area contributed by atoms with Gasteiger partial charge in [-0.3, -0.25) is 0 Å². The molecule has 46 valence electrons. The molecule has 1 amide bonds. The third-order valence-electron chi connectivity index (χ3n) is 0.918. The lowest BCUT2D eigenvalue weighted by Gasteiger charge is -1.94. The number of rotatable bonds is 0. The molecule has 1 fully saturated rings. The summed E-state index contributed by atoms with van der Waals surface area (Å²) >= 11 is 5.32. The second kappa shape index (κ2) is 1.82. The normalized spacial score (nSPS) is 28.5. The molecule has 1 aliphatic heterocycles. The van der Waals surface area contributed by atoms with Crippen LogP contribution in [0.1, 0.15) is 6.92 Å². The summed E-state index contributed by atoms with van der Waals surface area (Å²) < 4.78 is 5.66. The van der Waals surface area contributed by atoms with Crippen LogP contribution in [0.15, 0.2) is 0 Å². The first kappa shape index (κ1) is 5.69. The van der Waals surface area contributed by atoms with Crippen LogP contribution in [-0.2, 0) is 4.74 Å². The molecule has 0 aromatic carbocycles. The highest BCUT2D eigenvalue weighted by molar-refractivity contribution is 6.20. The summed E-state index contributed by atoms with van der Waals surface area (Å²) in [5.41, 5.74) is 0. The smallest absolute Gasteiger partial charge is 0.424 e. The summed E-state index contributed by atoms with van der Waals surface area (Å²) in [6.07, 6.45) is -0.501. The number of halogens is 1. The van der Waals surface area contributed by atoms with E-state index in [1.165, 1.54) is 0 Å². The van der Waals surface area contributed by atoms with Crippen LogP contribution < -0.4 is 0 Å². The Balaban J connectivity index is 2.51. The first-order valence-electron chi connectivity index (χ1n) is 2.34. The number of cyclic esters (lactones) is 1. The van der Waals surface area contributed by atoms with E-state index in [4.69, 9.17) is 11.8 Å². The number of carbonyl (C=O) groups is 1. The molecule has 0 spiro atoms. The Hall–Kier alpha value is -0.440. The second-order valence-corrected chi connectivity index (χ2v) is 2.15. The van der Waals surface area contributed by atoms with Gasteiger partial charge in [-0.25, -0.2) is 9.21 Å². The lowest BCUT2D eigenvalue weighted by atomic mass is 10.4. The zero-order chi connectivity index (χ0) is 6.15. The minimum Gasteiger partial charge on any atom is -0.444 e. The summed E-state index contributed by atoms with van der Waals surface area (Å²) in [6, 6.07) is 0. The van der Waals surface area contributed by atoms with E-state index in [-0.39, 0.29) is 6.10 Å². The van der Waals surface area contributed by atoms with E-state index >= 15 is 0 Å². The SMILES string of the molecule is CC1CN(Cl)C(=O)O1. The molecule has 0 saturated carbocycles. The van der Waals surface area contributed by atoms with Gasteiger partial charge in [0, 0.05) is 11.8 Å². The van der Waals surface area contributed by atoms with Crippen LogP contribution in [0.2, 0.25) is 0 Å².